The van der Waals surface area contributed by atoms with Crippen LogP contribution in [-0.2, 0) is 5.21 Å². The first kappa shape index (κ1) is 7.75. The van der Waals surface area contributed by atoms with Crippen molar-refractivity contribution in [2.24, 2.45) is 0 Å². The van der Waals surface area contributed by atoms with Gasteiger partial charge in [0.25, 0.3) is 5.91 Å². The molecule has 0 saturated heterocycles. The summed E-state index contributed by atoms with van der Waals surface area (Å²) in [6.07, 6.45) is 0. The summed E-state index contributed by atoms with van der Waals surface area (Å²) in [4.78, 5) is 10.8. The molecule has 1 radical (unpaired) electrons. The minimum atomic E-state index is -0.580. The maximum atomic E-state index is 10.8. The summed E-state index contributed by atoms with van der Waals surface area (Å²) >= 11 is 0. The van der Waals surface area contributed by atoms with E-state index in [1.54, 1.807) is 25.1 Å². The Morgan fingerprint density at radius 1 is 1.36 bits per heavy atom. The van der Waals surface area contributed by atoms with Gasteiger partial charge in [0.2, 0.25) is 0 Å². The summed E-state index contributed by atoms with van der Waals surface area (Å²) in [6, 6.07) is 6.93. The van der Waals surface area contributed by atoms with Gasteiger partial charge in [-0.1, -0.05) is 23.4 Å². The molecule has 0 bridgehead atoms. The average molecular weight is 150 g/mol. The predicted octanol–water partition coefficient (Wildman–Crippen LogP) is 1.07. The van der Waals surface area contributed by atoms with Gasteiger partial charge < -0.3 is 0 Å². The monoisotopic (exact) mass is 150 g/mol. The Morgan fingerprint density at radius 3 is 2.55 bits per heavy atom. The molecule has 1 amide bonds. The number of aryl methyl sites for hydroxylation is 1. The number of benzene rings is 1. The third-order valence-electron chi connectivity index (χ3n) is 1.48. The average Bonchev–Trinajstić information content (AvgIpc) is 2.04. The Kier molecular flexibility index (Phi) is 2.23. The number of hydroxylamine groups is 1. The van der Waals surface area contributed by atoms with E-state index in [-0.39, 0.29) is 0 Å². The zero-order chi connectivity index (χ0) is 8.27. The lowest BCUT2D eigenvalue weighted by Gasteiger charge is -1.99. The van der Waals surface area contributed by atoms with Crippen molar-refractivity contribution in [3.63, 3.8) is 0 Å². The number of amides is 1. The first-order valence-corrected chi connectivity index (χ1v) is 3.24. The minimum absolute atomic E-state index is 0.433. The molecule has 0 heterocycles. The Morgan fingerprint density at radius 2 is 2.00 bits per heavy atom. The zero-order valence-corrected chi connectivity index (χ0v) is 6.13. The van der Waals surface area contributed by atoms with Gasteiger partial charge in [-0.05, 0) is 18.6 Å². The second-order valence-electron chi connectivity index (χ2n) is 2.25. The standard InChI is InChI=1S/C8H8NO2/c1-6-4-2-3-5-7(6)8(10)9-11/h2-5H,1H3,(H,9,10). The third-order valence-corrected chi connectivity index (χ3v) is 1.48. The van der Waals surface area contributed by atoms with Crippen molar-refractivity contribution in [3.8, 4) is 0 Å². The van der Waals surface area contributed by atoms with Gasteiger partial charge in [0.05, 0.1) is 0 Å². The van der Waals surface area contributed by atoms with Crippen molar-refractivity contribution in [1.29, 1.82) is 0 Å². The molecule has 0 aromatic heterocycles. The van der Waals surface area contributed by atoms with Crippen molar-refractivity contribution in [3.05, 3.63) is 35.4 Å². The van der Waals surface area contributed by atoms with Crippen molar-refractivity contribution in [2.75, 3.05) is 0 Å². The summed E-state index contributed by atoms with van der Waals surface area (Å²) in [6.45, 7) is 1.78. The van der Waals surface area contributed by atoms with Crippen LogP contribution in [0, 0.1) is 6.92 Å². The zero-order valence-electron chi connectivity index (χ0n) is 6.13. The molecule has 1 aromatic rings. The Labute approximate surface area is 64.6 Å². The van der Waals surface area contributed by atoms with E-state index in [0.717, 1.165) is 5.56 Å². The molecule has 0 aliphatic heterocycles. The van der Waals surface area contributed by atoms with Crippen LogP contribution in [0.1, 0.15) is 15.9 Å². The maximum absolute atomic E-state index is 10.8. The molecule has 11 heavy (non-hydrogen) atoms. The van der Waals surface area contributed by atoms with Crippen LogP contribution >= 0.6 is 0 Å². The van der Waals surface area contributed by atoms with Gasteiger partial charge in [0.1, 0.15) is 0 Å². The number of carbonyl (C=O) groups excluding carboxylic acids is 1. The molecule has 1 rings (SSSR count). The summed E-state index contributed by atoms with van der Waals surface area (Å²) in [5.41, 5.74) is 2.57. The molecule has 1 N–H and O–H groups in total. The molecule has 0 spiro atoms. The first-order chi connectivity index (χ1) is 5.25. The second kappa shape index (κ2) is 3.16. The summed E-state index contributed by atoms with van der Waals surface area (Å²) in [7, 11) is 0. The van der Waals surface area contributed by atoms with Crippen LogP contribution in [-0.4, -0.2) is 5.91 Å². The van der Waals surface area contributed by atoms with Crippen LogP contribution in [0.4, 0.5) is 0 Å². The fourth-order valence-electron chi connectivity index (χ4n) is 0.883. The summed E-state index contributed by atoms with van der Waals surface area (Å²) in [5, 5.41) is 9.98. The van der Waals surface area contributed by atoms with Gasteiger partial charge in [0.15, 0.2) is 0 Å². The van der Waals surface area contributed by atoms with E-state index in [1.807, 2.05) is 6.07 Å². The quantitative estimate of drug-likeness (QED) is 0.598. The third kappa shape index (κ3) is 1.56. The van der Waals surface area contributed by atoms with Crippen molar-refractivity contribution in [1.82, 2.24) is 5.48 Å². The molecule has 3 heteroatoms. The van der Waals surface area contributed by atoms with Gasteiger partial charge in [-0.15, -0.1) is 0 Å². The molecule has 0 fully saturated rings. The van der Waals surface area contributed by atoms with Crippen LogP contribution in [0.5, 0.6) is 0 Å². The van der Waals surface area contributed by atoms with Crippen molar-refractivity contribution >= 4 is 5.91 Å². The van der Waals surface area contributed by atoms with Crippen LogP contribution in [0.3, 0.4) is 0 Å². The molecule has 0 saturated carbocycles. The highest BCUT2D eigenvalue weighted by molar-refractivity contribution is 5.94. The van der Waals surface area contributed by atoms with Gasteiger partial charge in [-0.2, -0.15) is 5.48 Å². The van der Waals surface area contributed by atoms with Crippen molar-refractivity contribution < 1.29 is 10.0 Å². The number of hydrogen-bond donors (Lipinski definition) is 1. The van der Waals surface area contributed by atoms with Gasteiger partial charge in [0, 0.05) is 5.56 Å². The topological polar surface area (TPSA) is 49.0 Å². The Bertz CT molecular complexity index is 271. The number of carbonyl (C=O) groups is 1. The molecular weight excluding hydrogens is 142 g/mol. The van der Waals surface area contributed by atoms with Crippen LogP contribution in [0.2, 0.25) is 0 Å². The van der Waals surface area contributed by atoms with E-state index >= 15 is 0 Å². The van der Waals surface area contributed by atoms with E-state index in [9.17, 15) is 10.0 Å². The largest absolute Gasteiger partial charge is 0.277 e. The highest BCUT2D eigenvalue weighted by atomic mass is 16.5. The van der Waals surface area contributed by atoms with E-state index in [4.69, 9.17) is 0 Å². The van der Waals surface area contributed by atoms with E-state index < -0.39 is 5.91 Å². The maximum Gasteiger partial charge on any atom is 0.277 e. The highest BCUT2D eigenvalue weighted by Gasteiger charge is 2.05. The van der Waals surface area contributed by atoms with Gasteiger partial charge >= 0.3 is 0 Å². The fourth-order valence-corrected chi connectivity index (χ4v) is 0.883. The number of hydrogen-bond acceptors (Lipinski definition) is 1. The highest BCUT2D eigenvalue weighted by Crippen LogP contribution is 2.05. The molecular formula is C8H8NO2. The predicted molar refractivity (Wildman–Crippen MR) is 39.3 cm³/mol. The molecule has 3 nitrogen and oxygen atoms in total. The van der Waals surface area contributed by atoms with E-state index in [2.05, 4.69) is 0 Å². The minimum Gasteiger partial charge on any atom is -0.267 e. The van der Waals surface area contributed by atoms with E-state index in [0.29, 0.717) is 5.56 Å². The number of nitrogens with one attached hydrogen (secondary N) is 1. The molecule has 0 atom stereocenters. The Balaban J connectivity index is 3.03. The Hall–Kier alpha value is -1.35. The smallest absolute Gasteiger partial charge is 0.267 e. The lowest BCUT2D eigenvalue weighted by Crippen LogP contribution is -2.17. The SMILES string of the molecule is Cc1ccccc1C(=O)N[O]. The molecule has 0 aliphatic rings. The summed E-state index contributed by atoms with van der Waals surface area (Å²) < 4.78 is 0. The van der Waals surface area contributed by atoms with Crippen molar-refractivity contribution in [2.45, 2.75) is 6.92 Å². The molecule has 57 valence electrons. The van der Waals surface area contributed by atoms with Crippen LogP contribution in [0.15, 0.2) is 24.3 Å². The van der Waals surface area contributed by atoms with Crippen LogP contribution < -0.4 is 5.48 Å². The number of rotatable bonds is 1. The molecule has 0 unspecified atom stereocenters. The van der Waals surface area contributed by atoms with Crippen LogP contribution in [0.25, 0.3) is 0 Å². The van der Waals surface area contributed by atoms with Gasteiger partial charge in [-0.25, -0.2) is 0 Å². The molecule has 1 aromatic carbocycles. The lowest BCUT2D eigenvalue weighted by atomic mass is 10.1. The normalized spacial score (nSPS) is 9.27. The second-order valence-corrected chi connectivity index (χ2v) is 2.25. The summed E-state index contributed by atoms with van der Waals surface area (Å²) in [5.74, 6) is -0.580. The fraction of sp³-hybridized carbons (Fsp3) is 0.125. The first-order valence-electron chi connectivity index (χ1n) is 3.24. The molecule has 0 aliphatic carbocycles. The lowest BCUT2D eigenvalue weighted by molar-refractivity contribution is 0.0464. The van der Waals surface area contributed by atoms with E-state index in [1.165, 1.54) is 5.48 Å². The van der Waals surface area contributed by atoms with Gasteiger partial charge in [-0.3, -0.25) is 4.79 Å².